The van der Waals surface area contributed by atoms with Crippen molar-refractivity contribution >= 4 is 0 Å². The van der Waals surface area contributed by atoms with Crippen LogP contribution in [0.15, 0.2) is 16.5 Å². The van der Waals surface area contributed by atoms with Gasteiger partial charge in [0.05, 0.1) is 6.61 Å². The van der Waals surface area contributed by atoms with Crippen LogP contribution in [0.4, 0.5) is 0 Å². The van der Waals surface area contributed by atoms with Crippen molar-refractivity contribution < 1.29 is 14.3 Å². The Hall–Kier alpha value is -0.960. The van der Waals surface area contributed by atoms with Crippen molar-refractivity contribution in [3.8, 4) is 5.95 Å². The van der Waals surface area contributed by atoms with Crippen LogP contribution in [0.5, 0.6) is 5.95 Å². The van der Waals surface area contributed by atoms with E-state index < -0.39 is 0 Å². The van der Waals surface area contributed by atoms with Crippen LogP contribution in [-0.4, -0.2) is 18.3 Å². The number of hydrogen-bond acceptors (Lipinski definition) is 3. The Morgan fingerprint density at radius 1 is 1.38 bits per heavy atom. The van der Waals surface area contributed by atoms with Crippen molar-refractivity contribution in [2.75, 3.05) is 13.2 Å². The monoisotopic (exact) mass is 184 g/mol. The SMILES string of the molecule is CC(C)(C)c1ccc(OCCO)o1. The highest BCUT2D eigenvalue weighted by Crippen LogP contribution is 2.27. The summed E-state index contributed by atoms with van der Waals surface area (Å²) in [4.78, 5) is 0. The largest absolute Gasteiger partial charge is 0.463 e. The summed E-state index contributed by atoms with van der Waals surface area (Å²) in [7, 11) is 0. The number of aliphatic hydroxyl groups is 1. The number of rotatable bonds is 3. The highest BCUT2D eigenvalue weighted by atomic mass is 16.6. The van der Waals surface area contributed by atoms with Crippen LogP contribution in [0.1, 0.15) is 26.5 Å². The van der Waals surface area contributed by atoms with Crippen molar-refractivity contribution in [3.63, 3.8) is 0 Å². The van der Waals surface area contributed by atoms with Crippen molar-refractivity contribution in [2.24, 2.45) is 0 Å². The van der Waals surface area contributed by atoms with E-state index in [-0.39, 0.29) is 18.6 Å². The van der Waals surface area contributed by atoms with E-state index in [1.54, 1.807) is 6.07 Å². The molecule has 3 heteroatoms. The summed E-state index contributed by atoms with van der Waals surface area (Å²) in [5, 5.41) is 8.53. The third-order valence-corrected chi connectivity index (χ3v) is 1.66. The fourth-order valence-corrected chi connectivity index (χ4v) is 0.947. The van der Waals surface area contributed by atoms with Crippen molar-refractivity contribution in [1.82, 2.24) is 0 Å². The first-order valence-electron chi connectivity index (χ1n) is 4.38. The van der Waals surface area contributed by atoms with Gasteiger partial charge in [-0.05, 0) is 6.07 Å². The second kappa shape index (κ2) is 3.83. The average molecular weight is 184 g/mol. The number of hydrogen-bond donors (Lipinski definition) is 1. The first kappa shape index (κ1) is 10.1. The molecule has 13 heavy (non-hydrogen) atoms. The molecule has 0 atom stereocenters. The summed E-state index contributed by atoms with van der Waals surface area (Å²) < 4.78 is 10.5. The Bertz CT molecular complexity index is 257. The molecule has 1 rings (SSSR count). The molecule has 0 amide bonds. The minimum atomic E-state index is 0.000818. The van der Waals surface area contributed by atoms with Crippen LogP contribution in [0.3, 0.4) is 0 Å². The van der Waals surface area contributed by atoms with Gasteiger partial charge < -0.3 is 14.3 Å². The van der Waals surface area contributed by atoms with Gasteiger partial charge in [-0.25, -0.2) is 0 Å². The molecular formula is C10H16O3. The number of ether oxygens (including phenoxy) is 1. The molecule has 0 fully saturated rings. The van der Waals surface area contributed by atoms with E-state index in [1.807, 2.05) is 6.07 Å². The van der Waals surface area contributed by atoms with Crippen LogP contribution in [0.25, 0.3) is 0 Å². The van der Waals surface area contributed by atoms with Gasteiger partial charge in [0.2, 0.25) is 0 Å². The van der Waals surface area contributed by atoms with Crippen LogP contribution in [0.2, 0.25) is 0 Å². The average Bonchev–Trinajstić information content (AvgIpc) is 2.47. The van der Waals surface area contributed by atoms with Crippen LogP contribution in [0, 0.1) is 0 Å². The minimum absolute atomic E-state index is 0.000818. The molecule has 0 aromatic carbocycles. The highest BCUT2D eigenvalue weighted by molar-refractivity contribution is 5.17. The van der Waals surface area contributed by atoms with E-state index in [1.165, 1.54) is 0 Å². The van der Waals surface area contributed by atoms with E-state index >= 15 is 0 Å². The minimum Gasteiger partial charge on any atom is -0.463 e. The van der Waals surface area contributed by atoms with Gasteiger partial charge in [0.15, 0.2) is 0 Å². The van der Waals surface area contributed by atoms with Crippen molar-refractivity contribution in [3.05, 3.63) is 17.9 Å². The third kappa shape index (κ3) is 2.77. The Morgan fingerprint density at radius 3 is 2.54 bits per heavy atom. The second-order valence-corrected chi connectivity index (χ2v) is 3.94. The van der Waals surface area contributed by atoms with Gasteiger partial charge in [0, 0.05) is 11.5 Å². The summed E-state index contributed by atoms with van der Waals surface area (Å²) in [5.74, 6) is 1.36. The number of aliphatic hydroxyl groups excluding tert-OH is 1. The zero-order valence-electron chi connectivity index (χ0n) is 8.33. The Labute approximate surface area is 78.3 Å². The smallest absolute Gasteiger partial charge is 0.284 e. The maximum Gasteiger partial charge on any atom is 0.284 e. The van der Waals surface area contributed by atoms with Gasteiger partial charge in [-0.1, -0.05) is 20.8 Å². The molecule has 0 saturated heterocycles. The molecule has 0 unspecified atom stereocenters. The van der Waals surface area contributed by atoms with Gasteiger partial charge in [0.1, 0.15) is 12.4 Å². The molecular weight excluding hydrogens is 168 g/mol. The molecule has 74 valence electrons. The normalized spacial score (nSPS) is 11.7. The fraction of sp³-hybridized carbons (Fsp3) is 0.600. The molecule has 1 aromatic heterocycles. The van der Waals surface area contributed by atoms with Gasteiger partial charge in [-0.2, -0.15) is 0 Å². The summed E-state index contributed by atoms with van der Waals surface area (Å²) >= 11 is 0. The maximum atomic E-state index is 8.53. The lowest BCUT2D eigenvalue weighted by Crippen LogP contribution is -2.09. The van der Waals surface area contributed by atoms with E-state index in [0.717, 1.165) is 5.76 Å². The zero-order chi connectivity index (χ0) is 9.90. The van der Waals surface area contributed by atoms with Crippen LogP contribution < -0.4 is 4.74 Å². The fourth-order valence-electron chi connectivity index (χ4n) is 0.947. The summed E-state index contributed by atoms with van der Waals surface area (Å²) in [6.07, 6.45) is 0. The lowest BCUT2D eigenvalue weighted by molar-refractivity contribution is 0.166. The topological polar surface area (TPSA) is 42.6 Å². The zero-order valence-corrected chi connectivity index (χ0v) is 8.33. The maximum absolute atomic E-state index is 8.53. The molecule has 1 aromatic rings. The summed E-state index contributed by atoms with van der Waals surface area (Å²) in [6, 6.07) is 3.67. The Kier molecular flexibility index (Phi) is 2.98. The van der Waals surface area contributed by atoms with Gasteiger partial charge in [-0.15, -0.1) is 0 Å². The lowest BCUT2D eigenvalue weighted by Gasteiger charge is -2.13. The first-order chi connectivity index (χ1) is 6.04. The molecule has 3 nitrogen and oxygen atoms in total. The van der Waals surface area contributed by atoms with Crippen LogP contribution >= 0.6 is 0 Å². The van der Waals surface area contributed by atoms with E-state index in [4.69, 9.17) is 14.3 Å². The van der Waals surface area contributed by atoms with Crippen molar-refractivity contribution in [1.29, 1.82) is 0 Å². The molecule has 0 aliphatic rings. The molecule has 0 bridgehead atoms. The Morgan fingerprint density at radius 2 is 2.08 bits per heavy atom. The molecule has 1 N–H and O–H groups in total. The predicted octanol–water partition coefficient (Wildman–Crippen LogP) is 1.95. The molecule has 0 aliphatic heterocycles. The summed E-state index contributed by atoms with van der Waals surface area (Å²) in [5.41, 5.74) is 0.000818. The first-order valence-corrected chi connectivity index (χ1v) is 4.38. The second-order valence-electron chi connectivity index (χ2n) is 3.94. The van der Waals surface area contributed by atoms with E-state index in [2.05, 4.69) is 20.8 Å². The van der Waals surface area contributed by atoms with Crippen LogP contribution in [-0.2, 0) is 5.41 Å². The van der Waals surface area contributed by atoms with Gasteiger partial charge in [0.25, 0.3) is 5.95 Å². The quantitative estimate of drug-likeness (QED) is 0.780. The third-order valence-electron chi connectivity index (χ3n) is 1.66. The van der Waals surface area contributed by atoms with Gasteiger partial charge >= 0.3 is 0 Å². The van der Waals surface area contributed by atoms with E-state index in [0.29, 0.717) is 5.95 Å². The molecule has 0 radical (unpaired) electrons. The predicted molar refractivity (Wildman–Crippen MR) is 50.0 cm³/mol. The number of furan rings is 1. The Balaban J connectivity index is 2.64. The molecule has 1 heterocycles. The molecule has 0 aliphatic carbocycles. The van der Waals surface area contributed by atoms with Gasteiger partial charge in [-0.3, -0.25) is 0 Å². The highest BCUT2D eigenvalue weighted by Gasteiger charge is 2.18. The van der Waals surface area contributed by atoms with E-state index in [9.17, 15) is 0 Å². The molecule has 0 spiro atoms. The summed E-state index contributed by atoms with van der Waals surface area (Å²) in [6.45, 7) is 6.49. The standard InChI is InChI=1S/C10H16O3/c1-10(2,3)8-4-5-9(13-8)12-7-6-11/h4-5,11H,6-7H2,1-3H3. The molecule has 0 saturated carbocycles. The van der Waals surface area contributed by atoms with Crippen molar-refractivity contribution in [2.45, 2.75) is 26.2 Å². The lowest BCUT2D eigenvalue weighted by atomic mass is 9.94.